The number of fused-ring (bicyclic) bond motifs is 1. The van der Waals surface area contributed by atoms with Crippen LogP contribution in [0.5, 0.6) is 0 Å². The van der Waals surface area contributed by atoms with Crippen LogP contribution < -0.4 is 11.4 Å². The van der Waals surface area contributed by atoms with Crippen molar-refractivity contribution in [1.29, 1.82) is 0 Å². The van der Waals surface area contributed by atoms with Crippen molar-refractivity contribution in [2.45, 2.75) is 5.92 Å². The summed E-state index contributed by atoms with van der Waals surface area (Å²) in [6, 6.07) is 16.1. The Balaban J connectivity index is 2.08. The van der Waals surface area contributed by atoms with Crippen molar-refractivity contribution in [3.05, 3.63) is 70.1 Å². The van der Waals surface area contributed by atoms with E-state index in [9.17, 15) is 4.79 Å². The molecule has 4 heteroatoms. The van der Waals surface area contributed by atoms with Gasteiger partial charge >= 0.3 is 5.69 Å². The Morgan fingerprint density at radius 3 is 2.42 bits per heavy atom. The Bertz CT molecular complexity index is 743. The first-order chi connectivity index (χ1) is 9.28. The molecule has 0 saturated carbocycles. The molecule has 19 heavy (non-hydrogen) atoms. The molecule has 4 N–H and O–H groups in total. The number of aromatic nitrogens is 2. The fourth-order valence-corrected chi connectivity index (χ4v) is 2.42. The highest BCUT2D eigenvalue weighted by Crippen LogP contribution is 2.25. The maximum atomic E-state index is 11.3. The van der Waals surface area contributed by atoms with E-state index in [-0.39, 0.29) is 11.6 Å². The third-order valence-corrected chi connectivity index (χ3v) is 3.38. The molecule has 0 radical (unpaired) electrons. The zero-order chi connectivity index (χ0) is 13.2. The van der Waals surface area contributed by atoms with Gasteiger partial charge in [0.2, 0.25) is 0 Å². The van der Waals surface area contributed by atoms with Gasteiger partial charge in [-0.05, 0) is 23.3 Å². The van der Waals surface area contributed by atoms with E-state index in [0.29, 0.717) is 6.54 Å². The standard InChI is InChI=1S/C15H15N3O/c16-9-12(10-4-2-1-3-5-10)11-6-7-13-14(8-11)18-15(19)17-13/h1-8,12H,9,16H2,(H2,17,18,19). The van der Waals surface area contributed by atoms with Crippen molar-refractivity contribution in [2.24, 2.45) is 5.73 Å². The number of rotatable bonds is 3. The summed E-state index contributed by atoms with van der Waals surface area (Å²) < 4.78 is 0. The lowest BCUT2D eigenvalue weighted by Gasteiger charge is -2.15. The monoisotopic (exact) mass is 253 g/mol. The summed E-state index contributed by atoms with van der Waals surface area (Å²) in [6.45, 7) is 0.532. The summed E-state index contributed by atoms with van der Waals surface area (Å²) in [5.41, 5.74) is 9.65. The average Bonchev–Trinajstić information content (AvgIpc) is 2.80. The molecule has 1 unspecified atom stereocenters. The number of hydrogen-bond acceptors (Lipinski definition) is 2. The number of benzene rings is 2. The molecule has 3 rings (SSSR count). The molecule has 0 spiro atoms. The molecular weight excluding hydrogens is 238 g/mol. The second-order valence-electron chi connectivity index (χ2n) is 4.58. The minimum absolute atomic E-state index is 0.143. The van der Waals surface area contributed by atoms with Crippen LogP contribution in [-0.2, 0) is 0 Å². The molecule has 0 aliphatic rings. The summed E-state index contributed by atoms with van der Waals surface area (Å²) in [4.78, 5) is 16.8. The van der Waals surface area contributed by atoms with Crippen LogP contribution in [0.2, 0.25) is 0 Å². The number of imidazole rings is 1. The van der Waals surface area contributed by atoms with Crippen molar-refractivity contribution in [2.75, 3.05) is 6.54 Å². The van der Waals surface area contributed by atoms with Crippen LogP contribution in [0.4, 0.5) is 0 Å². The molecule has 0 aliphatic heterocycles. The molecule has 0 amide bonds. The van der Waals surface area contributed by atoms with Crippen LogP contribution in [-0.4, -0.2) is 16.5 Å². The normalized spacial score (nSPS) is 12.7. The first-order valence-corrected chi connectivity index (χ1v) is 6.25. The predicted molar refractivity (Wildman–Crippen MR) is 76.3 cm³/mol. The second-order valence-corrected chi connectivity index (χ2v) is 4.58. The molecule has 0 bridgehead atoms. The molecule has 4 nitrogen and oxygen atoms in total. The molecule has 1 heterocycles. The van der Waals surface area contributed by atoms with E-state index in [1.165, 1.54) is 5.56 Å². The average molecular weight is 253 g/mol. The summed E-state index contributed by atoms with van der Waals surface area (Å²) in [5.74, 6) is 0.143. The molecule has 1 atom stereocenters. The van der Waals surface area contributed by atoms with Crippen LogP contribution in [0.3, 0.4) is 0 Å². The van der Waals surface area contributed by atoms with Crippen molar-refractivity contribution in [3.63, 3.8) is 0 Å². The first kappa shape index (κ1) is 11.7. The van der Waals surface area contributed by atoms with Crippen molar-refractivity contribution < 1.29 is 0 Å². The molecule has 3 aromatic rings. The van der Waals surface area contributed by atoms with Crippen LogP contribution in [0, 0.1) is 0 Å². The minimum Gasteiger partial charge on any atom is -0.330 e. The fourth-order valence-electron chi connectivity index (χ4n) is 2.42. The van der Waals surface area contributed by atoms with Gasteiger partial charge in [0.1, 0.15) is 0 Å². The molecule has 1 aromatic heterocycles. The topological polar surface area (TPSA) is 74.7 Å². The van der Waals surface area contributed by atoms with E-state index in [0.717, 1.165) is 16.6 Å². The van der Waals surface area contributed by atoms with Gasteiger partial charge in [-0.25, -0.2) is 4.79 Å². The highest BCUT2D eigenvalue weighted by atomic mass is 16.1. The minimum atomic E-state index is -0.184. The maximum Gasteiger partial charge on any atom is 0.323 e. The van der Waals surface area contributed by atoms with Gasteiger partial charge < -0.3 is 15.7 Å². The summed E-state index contributed by atoms with van der Waals surface area (Å²) in [5, 5.41) is 0. The van der Waals surface area contributed by atoms with E-state index >= 15 is 0 Å². The third-order valence-electron chi connectivity index (χ3n) is 3.38. The SMILES string of the molecule is NCC(c1ccccc1)c1ccc2[nH]c(=O)[nH]c2c1. The molecule has 2 aromatic carbocycles. The van der Waals surface area contributed by atoms with Gasteiger partial charge in [0.25, 0.3) is 0 Å². The van der Waals surface area contributed by atoms with Gasteiger partial charge in [0, 0.05) is 12.5 Å². The Morgan fingerprint density at radius 2 is 1.68 bits per heavy atom. The lowest BCUT2D eigenvalue weighted by atomic mass is 9.91. The van der Waals surface area contributed by atoms with Crippen LogP contribution in [0.15, 0.2) is 53.3 Å². The number of hydrogen-bond donors (Lipinski definition) is 3. The largest absolute Gasteiger partial charge is 0.330 e. The van der Waals surface area contributed by atoms with Crippen molar-refractivity contribution in [3.8, 4) is 0 Å². The molecule has 0 aliphatic carbocycles. The summed E-state index contributed by atoms with van der Waals surface area (Å²) in [7, 11) is 0. The summed E-state index contributed by atoms with van der Waals surface area (Å²) in [6.07, 6.45) is 0. The number of aromatic amines is 2. The zero-order valence-corrected chi connectivity index (χ0v) is 10.4. The van der Waals surface area contributed by atoms with Crippen LogP contribution in [0.25, 0.3) is 11.0 Å². The second kappa shape index (κ2) is 4.74. The van der Waals surface area contributed by atoms with Crippen LogP contribution >= 0.6 is 0 Å². The Kier molecular flexibility index (Phi) is 2.93. The van der Waals surface area contributed by atoms with Crippen molar-refractivity contribution in [1.82, 2.24) is 9.97 Å². The number of H-pyrrole nitrogens is 2. The third kappa shape index (κ3) is 2.18. The molecule has 0 fully saturated rings. The van der Waals surface area contributed by atoms with Gasteiger partial charge in [-0.1, -0.05) is 36.4 Å². The number of nitrogens with one attached hydrogen (secondary N) is 2. The predicted octanol–water partition coefficient (Wildman–Crippen LogP) is 1.95. The molecule has 96 valence electrons. The van der Waals surface area contributed by atoms with E-state index in [1.807, 2.05) is 36.4 Å². The van der Waals surface area contributed by atoms with Gasteiger partial charge in [0.15, 0.2) is 0 Å². The Hall–Kier alpha value is -2.33. The van der Waals surface area contributed by atoms with E-state index in [1.54, 1.807) is 0 Å². The summed E-state index contributed by atoms with van der Waals surface area (Å²) >= 11 is 0. The fraction of sp³-hybridized carbons (Fsp3) is 0.133. The Morgan fingerprint density at radius 1 is 0.947 bits per heavy atom. The zero-order valence-electron chi connectivity index (χ0n) is 10.4. The van der Waals surface area contributed by atoms with E-state index < -0.39 is 0 Å². The lowest BCUT2D eigenvalue weighted by Crippen LogP contribution is -2.13. The van der Waals surface area contributed by atoms with E-state index in [4.69, 9.17) is 5.73 Å². The first-order valence-electron chi connectivity index (χ1n) is 6.25. The van der Waals surface area contributed by atoms with E-state index in [2.05, 4.69) is 22.1 Å². The highest BCUT2D eigenvalue weighted by Gasteiger charge is 2.13. The molecule has 0 saturated heterocycles. The quantitative estimate of drug-likeness (QED) is 0.667. The van der Waals surface area contributed by atoms with Gasteiger partial charge in [-0.15, -0.1) is 0 Å². The lowest BCUT2D eigenvalue weighted by molar-refractivity contribution is 0.820. The van der Waals surface area contributed by atoms with Gasteiger partial charge in [0.05, 0.1) is 11.0 Å². The number of nitrogens with two attached hydrogens (primary N) is 1. The molecular formula is C15H15N3O. The van der Waals surface area contributed by atoms with Gasteiger partial charge in [-0.3, -0.25) is 0 Å². The van der Waals surface area contributed by atoms with Gasteiger partial charge in [-0.2, -0.15) is 0 Å². The Labute approximate surface area is 110 Å². The highest BCUT2D eigenvalue weighted by molar-refractivity contribution is 5.75. The van der Waals surface area contributed by atoms with Crippen LogP contribution in [0.1, 0.15) is 17.0 Å². The van der Waals surface area contributed by atoms with Crippen molar-refractivity contribution >= 4 is 11.0 Å². The smallest absolute Gasteiger partial charge is 0.323 e. The maximum absolute atomic E-state index is 11.3.